The number of benzene rings is 2. The molecule has 2 aromatic carbocycles. The normalized spacial score (nSPS) is 11.3. The van der Waals surface area contributed by atoms with Gasteiger partial charge in [0.2, 0.25) is 0 Å². The molecule has 90 valence electrons. The molecule has 3 rings (SSSR count). The van der Waals surface area contributed by atoms with E-state index in [0.29, 0.717) is 5.88 Å². The lowest BCUT2D eigenvalue weighted by Crippen LogP contribution is -1.94. The van der Waals surface area contributed by atoms with Gasteiger partial charge in [-0.2, -0.15) is 0 Å². The fraction of sp³-hybridized carbons (Fsp3) is 0.188. The number of hydrogen-bond donors (Lipinski definition) is 0. The van der Waals surface area contributed by atoms with E-state index in [4.69, 9.17) is 11.6 Å². The van der Waals surface area contributed by atoms with E-state index < -0.39 is 0 Å². The van der Waals surface area contributed by atoms with Crippen LogP contribution >= 0.6 is 11.6 Å². The minimum Gasteiger partial charge on any atom is -0.256 e. The van der Waals surface area contributed by atoms with E-state index in [-0.39, 0.29) is 0 Å². The Hall–Kier alpha value is -1.60. The summed E-state index contributed by atoms with van der Waals surface area (Å²) in [5, 5.41) is 3.60. The van der Waals surface area contributed by atoms with E-state index in [0.717, 1.165) is 5.52 Å². The SMILES string of the molecule is Cc1cc2ncc3ccccc3c2c(CCl)c1C. The van der Waals surface area contributed by atoms with Crippen molar-refractivity contribution in [2.45, 2.75) is 19.7 Å². The summed E-state index contributed by atoms with van der Waals surface area (Å²) < 4.78 is 0. The van der Waals surface area contributed by atoms with E-state index in [9.17, 15) is 0 Å². The fourth-order valence-electron chi connectivity index (χ4n) is 2.51. The molecule has 0 bridgehead atoms. The lowest BCUT2D eigenvalue weighted by atomic mass is 9.96. The molecule has 1 aromatic heterocycles. The number of halogens is 1. The minimum absolute atomic E-state index is 0.527. The van der Waals surface area contributed by atoms with Crippen molar-refractivity contribution in [2.75, 3.05) is 0 Å². The van der Waals surface area contributed by atoms with Gasteiger partial charge in [0.25, 0.3) is 0 Å². The highest BCUT2D eigenvalue weighted by atomic mass is 35.5. The number of rotatable bonds is 1. The van der Waals surface area contributed by atoms with E-state index in [1.807, 2.05) is 12.3 Å². The molecule has 0 saturated heterocycles. The van der Waals surface area contributed by atoms with Gasteiger partial charge in [0.15, 0.2) is 0 Å². The third-order valence-electron chi connectivity index (χ3n) is 3.66. The molecule has 0 saturated carbocycles. The Morgan fingerprint density at radius 3 is 2.72 bits per heavy atom. The van der Waals surface area contributed by atoms with Crippen LogP contribution in [0.5, 0.6) is 0 Å². The summed E-state index contributed by atoms with van der Waals surface area (Å²) in [6.45, 7) is 4.25. The predicted molar refractivity (Wildman–Crippen MR) is 78.3 cm³/mol. The van der Waals surface area contributed by atoms with E-state index >= 15 is 0 Å². The summed E-state index contributed by atoms with van der Waals surface area (Å²) in [6, 6.07) is 10.5. The van der Waals surface area contributed by atoms with Crippen LogP contribution in [0.15, 0.2) is 36.5 Å². The minimum atomic E-state index is 0.527. The molecule has 3 aromatic rings. The quantitative estimate of drug-likeness (QED) is 0.452. The third-order valence-corrected chi connectivity index (χ3v) is 3.93. The molecule has 0 fully saturated rings. The molecular formula is C16H14ClN. The van der Waals surface area contributed by atoms with Crippen LogP contribution in [0.4, 0.5) is 0 Å². The van der Waals surface area contributed by atoms with Crippen molar-refractivity contribution in [2.24, 2.45) is 0 Å². The van der Waals surface area contributed by atoms with Crippen molar-refractivity contribution in [1.82, 2.24) is 4.98 Å². The average molecular weight is 256 g/mol. The molecule has 1 heterocycles. The molecule has 0 aliphatic carbocycles. The number of aromatic nitrogens is 1. The van der Waals surface area contributed by atoms with Crippen LogP contribution < -0.4 is 0 Å². The Bertz CT molecular complexity index is 747. The van der Waals surface area contributed by atoms with E-state index in [1.165, 1.54) is 32.8 Å². The van der Waals surface area contributed by atoms with Gasteiger partial charge in [-0.05, 0) is 42.0 Å². The summed E-state index contributed by atoms with van der Waals surface area (Å²) in [4.78, 5) is 4.56. The van der Waals surface area contributed by atoms with Crippen LogP contribution in [-0.2, 0) is 5.88 Å². The maximum atomic E-state index is 6.16. The molecule has 18 heavy (non-hydrogen) atoms. The second-order valence-corrected chi connectivity index (χ2v) is 4.94. The summed E-state index contributed by atoms with van der Waals surface area (Å²) in [7, 11) is 0. The molecule has 0 atom stereocenters. The zero-order chi connectivity index (χ0) is 12.7. The van der Waals surface area contributed by atoms with Crippen molar-refractivity contribution in [1.29, 1.82) is 0 Å². The predicted octanol–water partition coefficient (Wildman–Crippen LogP) is 4.74. The monoisotopic (exact) mass is 255 g/mol. The summed E-state index contributed by atoms with van der Waals surface area (Å²) in [5.74, 6) is 0.527. The Morgan fingerprint density at radius 2 is 1.94 bits per heavy atom. The highest BCUT2D eigenvalue weighted by Crippen LogP contribution is 2.31. The summed E-state index contributed by atoms with van der Waals surface area (Å²) in [6.07, 6.45) is 1.93. The van der Waals surface area contributed by atoms with Gasteiger partial charge in [-0.25, -0.2) is 0 Å². The van der Waals surface area contributed by atoms with Crippen LogP contribution in [-0.4, -0.2) is 4.98 Å². The largest absolute Gasteiger partial charge is 0.256 e. The van der Waals surface area contributed by atoms with Crippen LogP contribution in [0.1, 0.15) is 16.7 Å². The number of hydrogen-bond acceptors (Lipinski definition) is 1. The number of aryl methyl sites for hydroxylation is 1. The third kappa shape index (κ3) is 1.58. The molecule has 0 unspecified atom stereocenters. The first-order valence-electron chi connectivity index (χ1n) is 6.05. The maximum absolute atomic E-state index is 6.16. The number of nitrogens with zero attached hydrogens (tertiary/aromatic N) is 1. The second-order valence-electron chi connectivity index (χ2n) is 4.67. The van der Waals surface area contributed by atoms with Gasteiger partial charge in [-0.3, -0.25) is 4.98 Å². The molecule has 2 heteroatoms. The van der Waals surface area contributed by atoms with Crippen LogP contribution in [0.3, 0.4) is 0 Å². The lowest BCUT2D eigenvalue weighted by molar-refractivity contribution is 1.26. The van der Waals surface area contributed by atoms with Gasteiger partial charge in [0.1, 0.15) is 0 Å². The summed E-state index contributed by atoms with van der Waals surface area (Å²) >= 11 is 6.16. The average Bonchev–Trinajstić information content (AvgIpc) is 2.40. The molecule has 0 N–H and O–H groups in total. The molecule has 1 nitrogen and oxygen atoms in total. The number of fused-ring (bicyclic) bond motifs is 3. The molecular weight excluding hydrogens is 242 g/mol. The number of pyridine rings is 1. The first-order chi connectivity index (χ1) is 8.72. The molecule has 0 aliphatic rings. The van der Waals surface area contributed by atoms with Crippen molar-refractivity contribution in [3.05, 3.63) is 53.2 Å². The van der Waals surface area contributed by atoms with Crippen molar-refractivity contribution < 1.29 is 0 Å². The Morgan fingerprint density at radius 1 is 1.17 bits per heavy atom. The zero-order valence-corrected chi connectivity index (χ0v) is 11.3. The number of alkyl halides is 1. The van der Waals surface area contributed by atoms with Crippen LogP contribution in [0, 0.1) is 13.8 Å². The summed E-state index contributed by atoms with van der Waals surface area (Å²) in [5.41, 5.74) is 4.76. The highest BCUT2D eigenvalue weighted by molar-refractivity contribution is 6.19. The zero-order valence-electron chi connectivity index (χ0n) is 10.5. The molecule has 0 amide bonds. The Balaban J connectivity index is 2.60. The fourth-order valence-corrected chi connectivity index (χ4v) is 2.85. The van der Waals surface area contributed by atoms with Gasteiger partial charge in [0, 0.05) is 22.8 Å². The first-order valence-corrected chi connectivity index (χ1v) is 6.58. The Kier molecular flexibility index (Phi) is 2.71. The smallest absolute Gasteiger partial charge is 0.0714 e. The van der Waals surface area contributed by atoms with E-state index in [2.05, 4.69) is 43.1 Å². The van der Waals surface area contributed by atoms with Gasteiger partial charge >= 0.3 is 0 Å². The lowest BCUT2D eigenvalue weighted by Gasteiger charge is -2.12. The highest BCUT2D eigenvalue weighted by Gasteiger charge is 2.10. The second kappa shape index (κ2) is 4.25. The van der Waals surface area contributed by atoms with Crippen molar-refractivity contribution in [3.8, 4) is 0 Å². The molecule has 0 aliphatic heterocycles. The van der Waals surface area contributed by atoms with Crippen LogP contribution in [0.2, 0.25) is 0 Å². The van der Waals surface area contributed by atoms with Gasteiger partial charge in [-0.15, -0.1) is 11.6 Å². The Labute approximate surface area is 111 Å². The molecule has 0 spiro atoms. The van der Waals surface area contributed by atoms with E-state index in [1.54, 1.807) is 0 Å². The van der Waals surface area contributed by atoms with Crippen molar-refractivity contribution >= 4 is 33.3 Å². The first kappa shape index (κ1) is 11.5. The standard InChI is InChI=1S/C16H14ClN/c1-10-7-15-16(14(8-17)11(10)2)13-6-4-3-5-12(13)9-18-15/h3-7,9H,8H2,1-2H3. The van der Waals surface area contributed by atoms with Crippen molar-refractivity contribution in [3.63, 3.8) is 0 Å². The van der Waals surface area contributed by atoms with Gasteiger partial charge in [-0.1, -0.05) is 24.3 Å². The van der Waals surface area contributed by atoms with Gasteiger partial charge in [0.05, 0.1) is 5.52 Å². The molecule has 0 radical (unpaired) electrons. The van der Waals surface area contributed by atoms with Crippen LogP contribution in [0.25, 0.3) is 21.7 Å². The topological polar surface area (TPSA) is 12.9 Å². The van der Waals surface area contributed by atoms with Gasteiger partial charge < -0.3 is 0 Å². The maximum Gasteiger partial charge on any atom is 0.0714 e.